The van der Waals surface area contributed by atoms with Gasteiger partial charge in [-0.15, -0.1) is 0 Å². The Labute approximate surface area is 81.6 Å². The Kier molecular flexibility index (Phi) is 2.41. The Balaban J connectivity index is 2.59. The van der Waals surface area contributed by atoms with E-state index in [1.54, 1.807) is 18.5 Å². The van der Waals surface area contributed by atoms with Crippen molar-refractivity contribution in [3.8, 4) is 0 Å². The lowest BCUT2D eigenvalue weighted by Crippen LogP contribution is -2.04. The SMILES string of the molecule is NCCc1cc2cnccc2cc1F. The molecule has 1 aromatic carbocycles. The molecule has 3 heteroatoms. The fourth-order valence-electron chi connectivity index (χ4n) is 1.50. The summed E-state index contributed by atoms with van der Waals surface area (Å²) in [6.07, 6.45) is 3.95. The van der Waals surface area contributed by atoms with Crippen molar-refractivity contribution in [2.24, 2.45) is 5.73 Å². The van der Waals surface area contributed by atoms with E-state index in [0.717, 1.165) is 10.8 Å². The molecule has 1 heterocycles. The second-order valence-corrected chi connectivity index (χ2v) is 3.21. The van der Waals surface area contributed by atoms with E-state index < -0.39 is 0 Å². The van der Waals surface area contributed by atoms with Crippen LogP contribution < -0.4 is 5.73 Å². The van der Waals surface area contributed by atoms with Gasteiger partial charge in [0.15, 0.2) is 0 Å². The van der Waals surface area contributed by atoms with Crippen LogP contribution in [0, 0.1) is 5.82 Å². The van der Waals surface area contributed by atoms with E-state index in [0.29, 0.717) is 18.5 Å². The molecule has 0 atom stereocenters. The molecule has 0 aliphatic heterocycles. The van der Waals surface area contributed by atoms with Crippen molar-refractivity contribution in [2.75, 3.05) is 6.54 Å². The first kappa shape index (κ1) is 9.09. The Morgan fingerprint density at radius 3 is 2.93 bits per heavy atom. The lowest BCUT2D eigenvalue weighted by molar-refractivity contribution is 0.611. The number of hydrogen-bond donors (Lipinski definition) is 1. The number of benzene rings is 1. The van der Waals surface area contributed by atoms with Gasteiger partial charge < -0.3 is 5.73 Å². The van der Waals surface area contributed by atoms with Crippen LogP contribution in [0.25, 0.3) is 10.8 Å². The minimum atomic E-state index is -0.186. The predicted molar refractivity (Wildman–Crippen MR) is 54.5 cm³/mol. The van der Waals surface area contributed by atoms with E-state index in [4.69, 9.17) is 5.73 Å². The van der Waals surface area contributed by atoms with Gasteiger partial charge in [-0.3, -0.25) is 4.98 Å². The molecule has 2 nitrogen and oxygen atoms in total. The predicted octanol–water partition coefficient (Wildman–Crippen LogP) is 1.88. The van der Waals surface area contributed by atoms with Crippen molar-refractivity contribution in [1.29, 1.82) is 0 Å². The van der Waals surface area contributed by atoms with Gasteiger partial charge in [-0.1, -0.05) is 0 Å². The Hall–Kier alpha value is -1.48. The van der Waals surface area contributed by atoms with Crippen molar-refractivity contribution in [1.82, 2.24) is 4.98 Å². The number of nitrogens with two attached hydrogens (primary N) is 1. The zero-order valence-corrected chi connectivity index (χ0v) is 7.70. The minimum absolute atomic E-state index is 0.186. The summed E-state index contributed by atoms with van der Waals surface area (Å²) in [4.78, 5) is 3.99. The Bertz CT molecular complexity index is 454. The van der Waals surface area contributed by atoms with Crippen LogP contribution in [-0.2, 0) is 6.42 Å². The molecular weight excluding hydrogens is 179 g/mol. The van der Waals surface area contributed by atoms with E-state index in [1.165, 1.54) is 6.07 Å². The van der Waals surface area contributed by atoms with Gasteiger partial charge in [0.1, 0.15) is 5.82 Å². The third-order valence-electron chi connectivity index (χ3n) is 2.22. The van der Waals surface area contributed by atoms with Crippen LogP contribution in [0.3, 0.4) is 0 Å². The molecule has 72 valence electrons. The first-order valence-corrected chi connectivity index (χ1v) is 4.53. The maximum absolute atomic E-state index is 13.4. The highest BCUT2D eigenvalue weighted by Gasteiger charge is 2.03. The molecule has 0 bridgehead atoms. The summed E-state index contributed by atoms with van der Waals surface area (Å²) in [5, 5.41) is 1.83. The summed E-state index contributed by atoms with van der Waals surface area (Å²) in [6.45, 7) is 0.461. The van der Waals surface area contributed by atoms with Gasteiger partial charge in [-0.05, 0) is 42.1 Å². The van der Waals surface area contributed by atoms with Gasteiger partial charge >= 0.3 is 0 Å². The molecule has 14 heavy (non-hydrogen) atoms. The molecule has 2 aromatic rings. The monoisotopic (exact) mass is 190 g/mol. The molecular formula is C11H11FN2. The van der Waals surface area contributed by atoms with Crippen molar-refractivity contribution in [3.05, 3.63) is 42.0 Å². The average Bonchev–Trinajstić information content (AvgIpc) is 2.19. The number of pyridine rings is 1. The van der Waals surface area contributed by atoms with E-state index in [2.05, 4.69) is 4.98 Å². The third kappa shape index (κ3) is 1.59. The molecule has 0 aliphatic carbocycles. The van der Waals surface area contributed by atoms with Crippen LogP contribution in [0.1, 0.15) is 5.56 Å². The van der Waals surface area contributed by atoms with Crippen molar-refractivity contribution in [3.63, 3.8) is 0 Å². The maximum atomic E-state index is 13.4. The average molecular weight is 190 g/mol. The van der Waals surface area contributed by atoms with Gasteiger partial charge in [0.2, 0.25) is 0 Å². The maximum Gasteiger partial charge on any atom is 0.127 e. The zero-order valence-electron chi connectivity index (χ0n) is 7.70. The number of rotatable bonds is 2. The van der Waals surface area contributed by atoms with Crippen LogP contribution in [0.4, 0.5) is 4.39 Å². The first-order chi connectivity index (χ1) is 6.81. The second kappa shape index (κ2) is 3.72. The Morgan fingerprint density at radius 1 is 1.29 bits per heavy atom. The summed E-state index contributed by atoms with van der Waals surface area (Å²) in [7, 11) is 0. The summed E-state index contributed by atoms with van der Waals surface area (Å²) in [5.74, 6) is -0.186. The van der Waals surface area contributed by atoms with Gasteiger partial charge in [-0.25, -0.2) is 4.39 Å². The lowest BCUT2D eigenvalue weighted by atomic mass is 10.1. The quantitative estimate of drug-likeness (QED) is 0.785. The standard InChI is InChI=1S/C11H11FN2/c12-11-6-8-2-4-14-7-10(8)5-9(11)1-3-13/h2,4-7H,1,3,13H2. The van der Waals surface area contributed by atoms with E-state index in [-0.39, 0.29) is 5.82 Å². The number of fused-ring (bicyclic) bond motifs is 1. The van der Waals surface area contributed by atoms with E-state index in [9.17, 15) is 4.39 Å². The summed E-state index contributed by atoms with van der Waals surface area (Å²) in [6, 6.07) is 5.14. The lowest BCUT2D eigenvalue weighted by Gasteiger charge is -2.03. The molecule has 2 rings (SSSR count). The topological polar surface area (TPSA) is 38.9 Å². The molecule has 0 unspecified atom stereocenters. The Morgan fingerprint density at radius 2 is 2.14 bits per heavy atom. The van der Waals surface area contributed by atoms with Gasteiger partial charge in [-0.2, -0.15) is 0 Å². The third-order valence-corrected chi connectivity index (χ3v) is 2.22. The normalized spacial score (nSPS) is 10.7. The molecule has 0 aliphatic rings. The molecule has 0 amide bonds. The second-order valence-electron chi connectivity index (χ2n) is 3.21. The summed E-state index contributed by atoms with van der Waals surface area (Å²) in [5.41, 5.74) is 6.05. The number of aromatic nitrogens is 1. The smallest absolute Gasteiger partial charge is 0.127 e. The van der Waals surface area contributed by atoms with E-state index >= 15 is 0 Å². The number of nitrogens with zero attached hydrogens (tertiary/aromatic N) is 1. The van der Waals surface area contributed by atoms with Crippen molar-refractivity contribution >= 4 is 10.8 Å². The molecule has 0 spiro atoms. The van der Waals surface area contributed by atoms with Crippen LogP contribution in [0.2, 0.25) is 0 Å². The van der Waals surface area contributed by atoms with Crippen LogP contribution in [0.15, 0.2) is 30.6 Å². The first-order valence-electron chi connectivity index (χ1n) is 4.53. The zero-order chi connectivity index (χ0) is 9.97. The molecule has 0 fully saturated rings. The van der Waals surface area contributed by atoms with Gasteiger partial charge in [0, 0.05) is 17.8 Å². The highest BCUT2D eigenvalue weighted by Crippen LogP contribution is 2.18. The van der Waals surface area contributed by atoms with Gasteiger partial charge in [0.25, 0.3) is 0 Å². The highest BCUT2D eigenvalue weighted by molar-refractivity contribution is 5.82. The molecule has 1 aromatic heterocycles. The number of halogens is 1. The van der Waals surface area contributed by atoms with Crippen molar-refractivity contribution < 1.29 is 4.39 Å². The van der Waals surface area contributed by atoms with E-state index in [1.807, 2.05) is 6.07 Å². The van der Waals surface area contributed by atoms with Crippen molar-refractivity contribution in [2.45, 2.75) is 6.42 Å². The minimum Gasteiger partial charge on any atom is -0.330 e. The van der Waals surface area contributed by atoms with Crippen LogP contribution in [-0.4, -0.2) is 11.5 Å². The van der Waals surface area contributed by atoms with Gasteiger partial charge in [0.05, 0.1) is 0 Å². The fraction of sp³-hybridized carbons (Fsp3) is 0.182. The number of hydrogen-bond acceptors (Lipinski definition) is 2. The van der Waals surface area contributed by atoms with Crippen LogP contribution in [0.5, 0.6) is 0 Å². The molecule has 0 saturated carbocycles. The molecule has 0 radical (unpaired) electrons. The summed E-state index contributed by atoms with van der Waals surface area (Å²) >= 11 is 0. The molecule has 2 N–H and O–H groups in total. The molecule has 0 saturated heterocycles. The fourth-order valence-corrected chi connectivity index (χ4v) is 1.50. The summed E-state index contributed by atoms with van der Waals surface area (Å²) < 4.78 is 13.4. The largest absolute Gasteiger partial charge is 0.330 e. The van der Waals surface area contributed by atoms with Crippen LogP contribution >= 0.6 is 0 Å². The highest BCUT2D eigenvalue weighted by atomic mass is 19.1.